The van der Waals surface area contributed by atoms with Crippen molar-refractivity contribution in [1.29, 1.82) is 0 Å². The third-order valence-corrected chi connectivity index (χ3v) is 6.75. The van der Waals surface area contributed by atoms with Crippen molar-refractivity contribution in [2.45, 2.75) is 18.2 Å². The van der Waals surface area contributed by atoms with Gasteiger partial charge in [-0.05, 0) is 47.9 Å². The molecule has 0 fully saturated rings. The number of methoxy groups -OCH3 is 1. The molecule has 1 N–H and O–H groups in total. The van der Waals surface area contributed by atoms with Crippen LogP contribution in [0, 0.1) is 11.9 Å². The number of aromatic nitrogens is 3. The molecule has 0 aliphatic rings. The Labute approximate surface area is 193 Å². The van der Waals surface area contributed by atoms with E-state index in [0.717, 1.165) is 11.6 Å². The molecule has 33 heavy (non-hydrogen) atoms. The number of hydrogen-bond acceptors (Lipinski definition) is 6. The minimum Gasteiger partial charge on any atom is -0.480 e. The van der Waals surface area contributed by atoms with Crippen molar-refractivity contribution in [1.82, 2.24) is 15.0 Å². The normalized spacial score (nSPS) is 11.5. The molecule has 4 aromatic rings. The van der Waals surface area contributed by atoms with E-state index in [1.165, 1.54) is 31.5 Å². The maximum absolute atomic E-state index is 15.0. The Balaban J connectivity index is 1.81. The van der Waals surface area contributed by atoms with E-state index in [0.29, 0.717) is 22.9 Å². The molecule has 0 spiro atoms. The number of rotatable bonds is 6. The van der Waals surface area contributed by atoms with Crippen LogP contribution in [0.3, 0.4) is 0 Å². The SMILES string of the molecule is CCc1cc(-c2cc(F)c(NS(=O)(=O)c3ccccc3Cl)nc2OC)cc2cnc(F)nc12. The second-order valence-electron chi connectivity index (χ2n) is 6.98. The van der Waals surface area contributed by atoms with Crippen LogP contribution >= 0.6 is 11.6 Å². The summed E-state index contributed by atoms with van der Waals surface area (Å²) in [6.45, 7) is 1.88. The quantitative estimate of drug-likeness (QED) is 0.382. The largest absolute Gasteiger partial charge is 0.480 e. The Morgan fingerprint density at radius 3 is 2.58 bits per heavy atom. The molecule has 0 radical (unpaired) electrons. The Kier molecular flexibility index (Phi) is 6.13. The molecule has 0 saturated heterocycles. The van der Waals surface area contributed by atoms with Crippen LogP contribution in [-0.2, 0) is 16.4 Å². The molecule has 11 heteroatoms. The minimum atomic E-state index is -4.20. The summed E-state index contributed by atoms with van der Waals surface area (Å²) in [7, 11) is -2.87. The summed E-state index contributed by atoms with van der Waals surface area (Å²) in [5, 5.41) is 0.535. The molecule has 0 atom stereocenters. The molecule has 2 aromatic carbocycles. The molecule has 4 rings (SSSR count). The number of halogens is 3. The molecule has 0 saturated carbocycles. The van der Waals surface area contributed by atoms with E-state index < -0.39 is 27.7 Å². The first-order valence-corrected chi connectivity index (χ1v) is 11.6. The number of hydrogen-bond donors (Lipinski definition) is 1. The van der Waals surface area contributed by atoms with Crippen LogP contribution < -0.4 is 9.46 Å². The Morgan fingerprint density at radius 1 is 1.12 bits per heavy atom. The number of fused-ring (bicyclic) bond motifs is 1. The Hall–Kier alpha value is -3.37. The van der Waals surface area contributed by atoms with Crippen LogP contribution in [0.25, 0.3) is 22.0 Å². The van der Waals surface area contributed by atoms with E-state index in [1.54, 1.807) is 18.2 Å². The van der Waals surface area contributed by atoms with Gasteiger partial charge in [0.15, 0.2) is 11.6 Å². The van der Waals surface area contributed by atoms with Gasteiger partial charge in [-0.3, -0.25) is 4.72 Å². The Bertz CT molecular complexity index is 1480. The van der Waals surface area contributed by atoms with Crippen molar-refractivity contribution in [2.24, 2.45) is 0 Å². The summed E-state index contributed by atoms with van der Waals surface area (Å²) in [6.07, 6.45) is 1.03. The monoisotopic (exact) mass is 490 g/mol. The number of sulfonamides is 1. The van der Waals surface area contributed by atoms with Gasteiger partial charge in [0.25, 0.3) is 10.0 Å². The standard InChI is InChI=1S/C22H17ClF2N4O3S/c1-3-12-8-13(9-14-11-26-22(25)27-19(12)14)15-10-17(24)20(28-21(15)32-2)29-33(30,31)18-7-5-4-6-16(18)23/h4-11H,3H2,1-2H3,(H,28,29). The average Bonchev–Trinajstić information content (AvgIpc) is 2.79. The lowest BCUT2D eigenvalue weighted by Gasteiger charge is -2.14. The van der Waals surface area contributed by atoms with Crippen molar-refractivity contribution in [2.75, 3.05) is 11.8 Å². The third kappa shape index (κ3) is 4.44. The van der Waals surface area contributed by atoms with Gasteiger partial charge >= 0.3 is 6.08 Å². The predicted molar refractivity (Wildman–Crippen MR) is 121 cm³/mol. The van der Waals surface area contributed by atoms with E-state index in [-0.39, 0.29) is 21.4 Å². The van der Waals surface area contributed by atoms with Crippen LogP contribution in [0.15, 0.2) is 53.6 Å². The van der Waals surface area contributed by atoms with Gasteiger partial charge in [-0.1, -0.05) is 30.7 Å². The lowest BCUT2D eigenvalue weighted by atomic mass is 9.99. The highest BCUT2D eigenvalue weighted by Gasteiger charge is 2.23. The maximum Gasteiger partial charge on any atom is 0.309 e. The summed E-state index contributed by atoms with van der Waals surface area (Å²) in [5.41, 5.74) is 1.97. The van der Waals surface area contributed by atoms with Gasteiger partial charge in [-0.2, -0.15) is 9.37 Å². The second-order valence-corrected chi connectivity index (χ2v) is 9.04. The first-order valence-electron chi connectivity index (χ1n) is 9.71. The van der Waals surface area contributed by atoms with Gasteiger partial charge in [0.2, 0.25) is 5.88 Å². The number of ether oxygens (including phenoxy) is 1. The first-order chi connectivity index (χ1) is 15.7. The van der Waals surface area contributed by atoms with Crippen LogP contribution in [0.2, 0.25) is 5.02 Å². The molecule has 0 aliphatic carbocycles. The van der Waals surface area contributed by atoms with E-state index in [2.05, 4.69) is 19.7 Å². The van der Waals surface area contributed by atoms with E-state index in [1.807, 2.05) is 6.92 Å². The van der Waals surface area contributed by atoms with Crippen LogP contribution in [0.5, 0.6) is 5.88 Å². The van der Waals surface area contributed by atoms with E-state index in [4.69, 9.17) is 16.3 Å². The topological polar surface area (TPSA) is 94.1 Å². The summed E-state index contributed by atoms with van der Waals surface area (Å²) in [6, 6.07) is 10.3. The van der Waals surface area contributed by atoms with Crippen LogP contribution in [0.4, 0.5) is 14.6 Å². The van der Waals surface area contributed by atoms with E-state index >= 15 is 0 Å². The molecular weight excluding hydrogens is 474 g/mol. The summed E-state index contributed by atoms with van der Waals surface area (Å²) in [5.74, 6) is -1.48. The number of pyridine rings is 1. The van der Waals surface area contributed by atoms with Crippen molar-refractivity contribution in [3.8, 4) is 17.0 Å². The molecule has 2 heterocycles. The number of aryl methyl sites for hydroxylation is 1. The van der Waals surface area contributed by atoms with Gasteiger partial charge in [-0.25, -0.2) is 22.8 Å². The van der Waals surface area contributed by atoms with Gasteiger partial charge in [0.05, 0.1) is 17.6 Å². The predicted octanol–water partition coefficient (Wildman–Crippen LogP) is 5.00. The number of nitrogens with one attached hydrogen (secondary N) is 1. The lowest BCUT2D eigenvalue weighted by Crippen LogP contribution is -2.16. The van der Waals surface area contributed by atoms with Gasteiger partial charge < -0.3 is 4.74 Å². The summed E-state index contributed by atoms with van der Waals surface area (Å²) in [4.78, 5) is 11.2. The molecule has 170 valence electrons. The molecule has 2 aromatic heterocycles. The Morgan fingerprint density at radius 2 is 1.88 bits per heavy atom. The van der Waals surface area contributed by atoms with Crippen molar-refractivity contribution in [3.05, 3.63) is 71.1 Å². The van der Waals surface area contributed by atoms with Gasteiger partial charge in [0.1, 0.15) is 4.90 Å². The number of benzene rings is 2. The van der Waals surface area contributed by atoms with Gasteiger partial charge in [0, 0.05) is 17.1 Å². The van der Waals surface area contributed by atoms with Crippen molar-refractivity contribution < 1.29 is 21.9 Å². The highest BCUT2D eigenvalue weighted by molar-refractivity contribution is 7.92. The molecular formula is C22H17ClF2N4O3S. The molecule has 7 nitrogen and oxygen atoms in total. The van der Waals surface area contributed by atoms with Crippen molar-refractivity contribution >= 4 is 38.3 Å². The summed E-state index contributed by atoms with van der Waals surface area (Å²) < 4.78 is 61.3. The number of nitrogens with zero attached hydrogens (tertiary/aromatic N) is 3. The smallest absolute Gasteiger partial charge is 0.309 e. The zero-order chi connectivity index (χ0) is 23.8. The molecule has 0 aliphatic heterocycles. The molecule has 0 amide bonds. The fourth-order valence-corrected chi connectivity index (χ4v) is 4.90. The molecule has 0 unspecified atom stereocenters. The third-order valence-electron chi connectivity index (χ3n) is 4.92. The van der Waals surface area contributed by atoms with Crippen LogP contribution in [0.1, 0.15) is 12.5 Å². The van der Waals surface area contributed by atoms with Crippen LogP contribution in [-0.4, -0.2) is 30.5 Å². The first kappa shape index (κ1) is 22.8. The highest BCUT2D eigenvalue weighted by atomic mass is 35.5. The zero-order valence-corrected chi connectivity index (χ0v) is 19.0. The van der Waals surface area contributed by atoms with Crippen molar-refractivity contribution in [3.63, 3.8) is 0 Å². The van der Waals surface area contributed by atoms with E-state index in [9.17, 15) is 17.2 Å². The molecule has 0 bridgehead atoms. The maximum atomic E-state index is 15.0. The fourth-order valence-electron chi connectivity index (χ4n) is 3.37. The highest BCUT2D eigenvalue weighted by Crippen LogP contribution is 2.35. The lowest BCUT2D eigenvalue weighted by molar-refractivity contribution is 0.398. The summed E-state index contributed by atoms with van der Waals surface area (Å²) >= 11 is 5.97. The minimum absolute atomic E-state index is 0.0160. The van der Waals surface area contributed by atoms with Gasteiger partial charge in [-0.15, -0.1) is 0 Å². The number of anilines is 1. The second kappa shape index (κ2) is 8.87. The fraction of sp³-hybridized carbons (Fsp3) is 0.136. The zero-order valence-electron chi connectivity index (χ0n) is 17.4. The average molecular weight is 491 g/mol.